The maximum Gasteiger partial charge on any atom is 0.272 e. The van der Waals surface area contributed by atoms with Crippen LogP contribution in [0.2, 0.25) is 0 Å². The van der Waals surface area contributed by atoms with Crippen LogP contribution in [0.5, 0.6) is 0 Å². The van der Waals surface area contributed by atoms with Gasteiger partial charge >= 0.3 is 0 Å². The lowest BCUT2D eigenvalue weighted by molar-refractivity contribution is 0.0921. The number of rotatable bonds is 4. The van der Waals surface area contributed by atoms with E-state index in [1.165, 1.54) is 0 Å². The van der Waals surface area contributed by atoms with Crippen LogP contribution in [0.4, 0.5) is 0 Å². The largest absolute Gasteiger partial charge is 0.344 e. The zero-order valence-electron chi connectivity index (χ0n) is 13.0. The molecule has 0 aliphatic heterocycles. The van der Waals surface area contributed by atoms with Gasteiger partial charge in [-0.1, -0.05) is 26.8 Å². The van der Waals surface area contributed by atoms with Crippen LogP contribution in [-0.2, 0) is 0 Å². The quantitative estimate of drug-likeness (QED) is 0.907. The van der Waals surface area contributed by atoms with Gasteiger partial charge in [0.25, 0.3) is 5.91 Å². The Kier molecular flexibility index (Phi) is 4.40. The molecule has 2 aromatic rings. The molecule has 5 heteroatoms. The van der Waals surface area contributed by atoms with Crippen LogP contribution in [0, 0.1) is 12.3 Å². The van der Waals surface area contributed by atoms with Crippen molar-refractivity contribution < 1.29 is 4.79 Å². The Morgan fingerprint density at radius 1 is 1.43 bits per heavy atom. The molecule has 0 radical (unpaired) electrons. The van der Waals surface area contributed by atoms with Gasteiger partial charge in [0.15, 0.2) is 0 Å². The van der Waals surface area contributed by atoms with Gasteiger partial charge in [-0.3, -0.25) is 14.9 Å². The molecule has 2 heterocycles. The Morgan fingerprint density at radius 2 is 2.19 bits per heavy atom. The first-order valence-corrected chi connectivity index (χ1v) is 7.08. The Labute approximate surface area is 125 Å². The number of carbonyl (C=O) groups excluding carboxylic acids is 1. The maximum atomic E-state index is 12.3. The molecule has 112 valence electrons. The number of hydrogen-bond donors (Lipinski definition) is 2. The Morgan fingerprint density at radius 3 is 2.71 bits per heavy atom. The van der Waals surface area contributed by atoms with Crippen molar-refractivity contribution in [2.24, 2.45) is 5.41 Å². The van der Waals surface area contributed by atoms with Gasteiger partial charge in [0, 0.05) is 18.1 Å². The number of hydrogen-bond acceptors (Lipinski definition) is 3. The molecule has 0 bridgehead atoms. The number of pyridine rings is 1. The lowest BCUT2D eigenvalue weighted by atomic mass is 9.86. The molecule has 2 rings (SSSR count). The van der Waals surface area contributed by atoms with E-state index in [0.717, 1.165) is 17.7 Å². The van der Waals surface area contributed by atoms with E-state index in [9.17, 15) is 4.79 Å². The second-order valence-electron chi connectivity index (χ2n) is 6.51. The van der Waals surface area contributed by atoms with Crippen molar-refractivity contribution in [3.05, 3.63) is 47.5 Å². The smallest absolute Gasteiger partial charge is 0.272 e. The van der Waals surface area contributed by atoms with Crippen molar-refractivity contribution in [3.63, 3.8) is 0 Å². The number of aryl methyl sites for hydroxylation is 1. The molecule has 0 spiro atoms. The first-order valence-electron chi connectivity index (χ1n) is 7.08. The molecule has 21 heavy (non-hydrogen) atoms. The first-order chi connectivity index (χ1) is 9.85. The SMILES string of the molecule is Cc1cc(C(=O)N[C@H](CC(C)(C)C)c2cccnc2)n[nH]1. The summed E-state index contributed by atoms with van der Waals surface area (Å²) in [6, 6.07) is 5.53. The number of H-pyrrole nitrogens is 1. The standard InChI is InChI=1S/C16H22N4O/c1-11-8-13(20-19-11)15(21)18-14(9-16(2,3)4)12-6-5-7-17-10-12/h5-8,10,14H,9H2,1-4H3,(H,18,21)(H,19,20)/t14-/m1/s1. The zero-order chi connectivity index (χ0) is 15.5. The molecule has 2 aromatic heterocycles. The summed E-state index contributed by atoms with van der Waals surface area (Å²) in [4.78, 5) is 16.5. The summed E-state index contributed by atoms with van der Waals surface area (Å²) in [5.41, 5.74) is 2.38. The Balaban J connectivity index is 2.18. The van der Waals surface area contributed by atoms with E-state index in [1.807, 2.05) is 19.1 Å². The van der Waals surface area contributed by atoms with Crippen molar-refractivity contribution >= 4 is 5.91 Å². The van der Waals surface area contributed by atoms with Gasteiger partial charge in [-0.05, 0) is 36.5 Å². The van der Waals surface area contributed by atoms with E-state index in [2.05, 4.69) is 41.3 Å². The van der Waals surface area contributed by atoms with Crippen molar-refractivity contribution in [2.75, 3.05) is 0 Å². The number of amides is 1. The Hall–Kier alpha value is -2.17. The molecule has 1 amide bonds. The third kappa shape index (κ3) is 4.41. The first kappa shape index (κ1) is 15.2. The van der Waals surface area contributed by atoms with Gasteiger partial charge in [0.05, 0.1) is 6.04 Å². The molecule has 0 unspecified atom stereocenters. The van der Waals surface area contributed by atoms with Gasteiger partial charge in [-0.25, -0.2) is 0 Å². The van der Waals surface area contributed by atoms with Gasteiger partial charge in [-0.15, -0.1) is 0 Å². The van der Waals surface area contributed by atoms with Crippen LogP contribution >= 0.6 is 0 Å². The summed E-state index contributed by atoms with van der Waals surface area (Å²) in [6.07, 6.45) is 4.36. The van der Waals surface area contributed by atoms with Gasteiger partial charge in [0.2, 0.25) is 0 Å². The third-order valence-corrected chi connectivity index (χ3v) is 3.15. The second-order valence-corrected chi connectivity index (χ2v) is 6.51. The van der Waals surface area contributed by atoms with Crippen molar-refractivity contribution in [1.82, 2.24) is 20.5 Å². The van der Waals surface area contributed by atoms with Crippen LogP contribution in [0.25, 0.3) is 0 Å². The van der Waals surface area contributed by atoms with Crippen LogP contribution in [0.1, 0.15) is 55.0 Å². The lowest BCUT2D eigenvalue weighted by Crippen LogP contribution is -2.31. The minimum absolute atomic E-state index is 0.0804. The van der Waals surface area contributed by atoms with Crippen molar-refractivity contribution in [3.8, 4) is 0 Å². The number of carbonyl (C=O) groups is 1. The summed E-state index contributed by atoms with van der Waals surface area (Å²) in [7, 11) is 0. The second kappa shape index (κ2) is 6.08. The molecule has 1 atom stereocenters. The van der Waals surface area contributed by atoms with Crippen LogP contribution in [0.3, 0.4) is 0 Å². The third-order valence-electron chi connectivity index (χ3n) is 3.15. The molecule has 5 nitrogen and oxygen atoms in total. The highest BCUT2D eigenvalue weighted by molar-refractivity contribution is 5.92. The molecule has 2 N–H and O–H groups in total. The molecule has 0 aromatic carbocycles. The fourth-order valence-corrected chi connectivity index (χ4v) is 2.21. The van der Waals surface area contributed by atoms with Crippen molar-refractivity contribution in [1.29, 1.82) is 0 Å². The van der Waals surface area contributed by atoms with Gasteiger partial charge in [-0.2, -0.15) is 5.10 Å². The average Bonchev–Trinajstić information content (AvgIpc) is 2.84. The normalized spacial score (nSPS) is 13.0. The molecule has 0 saturated carbocycles. The molecular formula is C16H22N4O. The maximum absolute atomic E-state index is 12.3. The van der Waals surface area contributed by atoms with E-state index in [-0.39, 0.29) is 17.4 Å². The molecule has 0 saturated heterocycles. The topological polar surface area (TPSA) is 70.7 Å². The summed E-state index contributed by atoms with van der Waals surface area (Å²) in [5.74, 6) is -0.169. The fraction of sp³-hybridized carbons (Fsp3) is 0.438. The molecule has 0 fully saturated rings. The highest BCUT2D eigenvalue weighted by Gasteiger charge is 2.23. The molecule has 0 aliphatic carbocycles. The van der Waals surface area contributed by atoms with Gasteiger partial charge < -0.3 is 5.32 Å². The highest BCUT2D eigenvalue weighted by Crippen LogP contribution is 2.29. The summed E-state index contributed by atoms with van der Waals surface area (Å²) in [5, 5.41) is 9.85. The van der Waals surface area contributed by atoms with Crippen molar-refractivity contribution in [2.45, 2.75) is 40.2 Å². The van der Waals surface area contributed by atoms with Crippen LogP contribution < -0.4 is 5.32 Å². The van der Waals surface area contributed by atoms with E-state index in [4.69, 9.17) is 0 Å². The zero-order valence-corrected chi connectivity index (χ0v) is 13.0. The van der Waals surface area contributed by atoms with E-state index < -0.39 is 0 Å². The summed E-state index contributed by atoms with van der Waals surface area (Å²) < 4.78 is 0. The van der Waals surface area contributed by atoms with E-state index in [1.54, 1.807) is 18.5 Å². The monoisotopic (exact) mass is 286 g/mol. The number of aromatic amines is 1. The average molecular weight is 286 g/mol. The Bertz CT molecular complexity index is 598. The van der Waals surface area contributed by atoms with Gasteiger partial charge in [0.1, 0.15) is 5.69 Å². The minimum Gasteiger partial charge on any atom is -0.344 e. The number of aromatic nitrogens is 3. The van der Waals surface area contributed by atoms with Crippen LogP contribution in [0.15, 0.2) is 30.6 Å². The predicted octanol–water partition coefficient (Wildman–Crippen LogP) is 3.02. The summed E-state index contributed by atoms with van der Waals surface area (Å²) >= 11 is 0. The lowest BCUT2D eigenvalue weighted by Gasteiger charge is -2.26. The molecular weight excluding hydrogens is 264 g/mol. The predicted molar refractivity (Wildman–Crippen MR) is 81.8 cm³/mol. The minimum atomic E-state index is -0.169. The summed E-state index contributed by atoms with van der Waals surface area (Å²) in [6.45, 7) is 8.33. The van der Waals surface area contributed by atoms with E-state index in [0.29, 0.717) is 5.69 Å². The fourth-order valence-electron chi connectivity index (χ4n) is 2.21. The van der Waals surface area contributed by atoms with Crippen LogP contribution in [-0.4, -0.2) is 21.1 Å². The van der Waals surface area contributed by atoms with E-state index >= 15 is 0 Å². The molecule has 0 aliphatic rings. The number of nitrogens with zero attached hydrogens (tertiary/aromatic N) is 2. The number of nitrogens with one attached hydrogen (secondary N) is 2. The highest BCUT2D eigenvalue weighted by atomic mass is 16.2.